The van der Waals surface area contributed by atoms with Gasteiger partial charge in [0.25, 0.3) is 0 Å². The van der Waals surface area contributed by atoms with Crippen molar-refractivity contribution in [3.05, 3.63) is 0 Å². The van der Waals surface area contributed by atoms with Gasteiger partial charge in [-0.1, -0.05) is 0 Å². The van der Waals surface area contributed by atoms with Crippen LogP contribution in [-0.2, 0) is 0 Å². The maximum absolute atomic E-state index is 9.90. The molecule has 0 aromatic rings. The zero-order chi connectivity index (χ0) is 7.32. The van der Waals surface area contributed by atoms with Crippen LogP contribution in [0.1, 0.15) is 38.5 Å². The minimum absolute atomic E-state index is 0.147. The third-order valence-corrected chi connectivity index (χ3v) is 4.92. The molecular weight excluding hydrogens is 136 g/mol. The highest BCUT2D eigenvalue weighted by Crippen LogP contribution is 2.93. The van der Waals surface area contributed by atoms with Gasteiger partial charge >= 0.3 is 0 Å². The van der Waals surface area contributed by atoms with Crippen LogP contribution in [-0.4, -0.2) is 10.7 Å². The second-order valence-corrected chi connectivity index (χ2v) is 5.47. The van der Waals surface area contributed by atoms with E-state index in [1.54, 1.807) is 0 Å². The average Bonchev–Trinajstić information content (AvgIpc) is 2.64. The summed E-state index contributed by atoms with van der Waals surface area (Å²) in [5.41, 5.74) is 1.39. The molecule has 0 unspecified atom stereocenters. The van der Waals surface area contributed by atoms with E-state index < -0.39 is 0 Å². The fourth-order valence-corrected chi connectivity index (χ4v) is 3.65. The van der Waals surface area contributed by atoms with Crippen molar-refractivity contribution in [3.63, 3.8) is 0 Å². The van der Waals surface area contributed by atoms with Crippen molar-refractivity contribution in [2.75, 3.05) is 0 Å². The van der Waals surface area contributed by atoms with Crippen molar-refractivity contribution in [3.8, 4) is 0 Å². The first-order chi connectivity index (χ1) is 5.21. The van der Waals surface area contributed by atoms with Gasteiger partial charge in [0.1, 0.15) is 0 Å². The van der Waals surface area contributed by atoms with Gasteiger partial charge in [0, 0.05) is 0 Å². The van der Waals surface area contributed by atoms with E-state index in [-0.39, 0.29) is 5.60 Å². The lowest BCUT2D eigenvalue weighted by molar-refractivity contribution is 0.116. The Hall–Kier alpha value is -0.0400. The van der Waals surface area contributed by atoms with Gasteiger partial charge in [-0.25, -0.2) is 0 Å². The van der Waals surface area contributed by atoms with E-state index in [1.165, 1.54) is 25.7 Å². The molecule has 0 aromatic heterocycles. The lowest BCUT2D eigenvalue weighted by Crippen LogP contribution is -2.11. The third kappa shape index (κ3) is 0.438. The Morgan fingerprint density at radius 2 is 1.82 bits per heavy atom. The van der Waals surface area contributed by atoms with Gasteiger partial charge in [-0.05, 0) is 55.3 Å². The summed E-state index contributed by atoms with van der Waals surface area (Å²) >= 11 is 0. The molecule has 4 fully saturated rings. The normalized spacial score (nSPS) is 58.1. The van der Waals surface area contributed by atoms with Gasteiger partial charge in [0.05, 0.1) is 5.60 Å². The minimum atomic E-state index is -0.147. The number of hydrogen-bond acceptors (Lipinski definition) is 1. The summed E-state index contributed by atoms with van der Waals surface area (Å²) in [5, 5.41) is 9.90. The van der Waals surface area contributed by atoms with Gasteiger partial charge in [-0.2, -0.15) is 0 Å². The zero-order valence-corrected chi connectivity index (χ0v) is 6.77. The van der Waals surface area contributed by atoms with E-state index in [4.69, 9.17) is 0 Å². The van der Waals surface area contributed by atoms with Crippen LogP contribution in [0, 0.1) is 16.7 Å². The van der Waals surface area contributed by atoms with Crippen LogP contribution in [0.2, 0.25) is 0 Å². The maximum atomic E-state index is 9.90. The average molecular weight is 150 g/mol. The molecule has 0 saturated heterocycles. The van der Waals surface area contributed by atoms with E-state index in [0.29, 0.717) is 0 Å². The molecule has 1 heteroatoms. The molecule has 2 spiro atoms. The molecule has 4 aliphatic carbocycles. The Bertz CT molecular complexity index is 250. The quantitative estimate of drug-likeness (QED) is 0.603. The highest BCUT2D eigenvalue weighted by atomic mass is 16.3. The monoisotopic (exact) mass is 150 g/mol. The maximum Gasteiger partial charge on any atom is 0.0683 e. The van der Waals surface area contributed by atoms with E-state index in [0.717, 1.165) is 29.6 Å². The van der Waals surface area contributed by atoms with E-state index in [2.05, 4.69) is 0 Å². The second kappa shape index (κ2) is 1.10. The molecule has 1 nitrogen and oxygen atoms in total. The van der Waals surface area contributed by atoms with Crippen LogP contribution >= 0.6 is 0 Å². The predicted octanol–water partition coefficient (Wildman–Crippen LogP) is 1.70. The second-order valence-electron chi connectivity index (χ2n) is 5.47. The molecule has 4 saturated carbocycles. The van der Waals surface area contributed by atoms with Gasteiger partial charge in [-0.15, -0.1) is 0 Å². The molecule has 60 valence electrons. The number of hydrogen-bond donors (Lipinski definition) is 1. The van der Waals surface area contributed by atoms with Gasteiger partial charge in [-0.3, -0.25) is 0 Å². The lowest BCUT2D eigenvalue weighted by atomic mass is 10.1. The standard InChI is InChI=1S/C10H14O/c11-10(3-4-10)7-5-9(7)6-8(9)1-2-8/h7,11H,1-6H2/t7-,9+/m0/s1. The predicted molar refractivity (Wildman–Crippen MR) is 41.0 cm³/mol. The minimum Gasteiger partial charge on any atom is -0.390 e. The van der Waals surface area contributed by atoms with Gasteiger partial charge in [0.2, 0.25) is 0 Å². The Balaban J connectivity index is 1.65. The molecule has 0 bridgehead atoms. The summed E-state index contributed by atoms with van der Waals surface area (Å²) in [5.74, 6) is 0.748. The van der Waals surface area contributed by atoms with Crippen molar-refractivity contribution in [2.24, 2.45) is 16.7 Å². The van der Waals surface area contributed by atoms with Crippen LogP contribution < -0.4 is 0 Å². The van der Waals surface area contributed by atoms with E-state index >= 15 is 0 Å². The Morgan fingerprint density at radius 3 is 2.27 bits per heavy atom. The molecule has 1 N–H and O–H groups in total. The SMILES string of the molecule is OC1([C@H]2C[C@@]23CC32CC2)CC1. The van der Waals surface area contributed by atoms with Crippen molar-refractivity contribution in [1.82, 2.24) is 0 Å². The van der Waals surface area contributed by atoms with Crippen molar-refractivity contribution < 1.29 is 5.11 Å². The molecule has 2 atom stereocenters. The van der Waals surface area contributed by atoms with Crippen LogP contribution in [0.4, 0.5) is 0 Å². The zero-order valence-electron chi connectivity index (χ0n) is 6.77. The summed E-state index contributed by atoms with van der Waals surface area (Å²) in [7, 11) is 0. The molecule has 0 radical (unpaired) electrons. The molecular formula is C10H14O. The Morgan fingerprint density at radius 1 is 1.09 bits per heavy atom. The van der Waals surface area contributed by atoms with Crippen LogP contribution in [0.3, 0.4) is 0 Å². The fraction of sp³-hybridized carbons (Fsp3) is 1.00. The molecule has 4 rings (SSSR count). The number of aliphatic hydroxyl groups is 1. The van der Waals surface area contributed by atoms with Crippen LogP contribution in [0.25, 0.3) is 0 Å². The largest absolute Gasteiger partial charge is 0.390 e. The molecule has 4 aliphatic rings. The first kappa shape index (κ1) is 5.58. The lowest BCUT2D eigenvalue weighted by Gasteiger charge is -2.04. The summed E-state index contributed by atoms with van der Waals surface area (Å²) < 4.78 is 0. The first-order valence-corrected chi connectivity index (χ1v) is 4.93. The molecule has 0 heterocycles. The molecule has 11 heavy (non-hydrogen) atoms. The fourth-order valence-electron chi connectivity index (χ4n) is 3.65. The van der Waals surface area contributed by atoms with Crippen molar-refractivity contribution >= 4 is 0 Å². The number of rotatable bonds is 1. The van der Waals surface area contributed by atoms with Crippen molar-refractivity contribution in [1.29, 1.82) is 0 Å². The molecule has 0 amide bonds. The summed E-state index contributed by atoms with van der Waals surface area (Å²) in [6.07, 6.45) is 8.04. The Labute approximate surface area is 66.8 Å². The third-order valence-electron chi connectivity index (χ3n) is 4.92. The van der Waals surface area contributed by atoms with E-state index in [1.807, 2.05) is 0 Å². The van der Waals surface area contributed by atoms with E-state index in [9.17, 15) is 5.11 Å². The van der Waals surface area contributed by atoms with Gasteiger partial charge in [0.15, 0.2) is 0 Å². The summed E-state index contributed by atoms with van der Waals surface area (Å²) in [6, 6.07) is 0. The molecule has 0 aliphatic heterocycles. The first-order valence-electron chi connectivity index (χ1n) is 4.93. The smallest absolute Gasteiger partial charge is 0.0683 e. The Kier molecular flexibility index (Phi) is 0.558. The summed E-state index contributed by atoms with van der Waals surface area (Å²) in [4.78, 5) is 0. The van der Waals surface area contributed by atoms with Crippen LogP contribution in [0.15, 0.2) is 0 Å². The highest BCUT2D eigenvalue weighted by Gasteiger charge is 2.87. The van der Waals surface area contributed by atoms with Crippen LogP contribution in [0.5, 0.6) is 0 Å². The van der Waals surface area contributed by atoms with Crippen molar-refractivity contribution in [2.45, 2.75) is 44.1 Å². The van der Waals surface area contributed by atoms with Gasteiger partial charge < -0.3 is 5.11 Å². The number of fused-ring (bicyclic) bond motifs is 1. The topological polar surface area (TPSA) is 20.2 Å². The highest BCUT2D eigenvalue weighted by molar-refractivity contribution is 5.36. The summed E-state index contributed by atoms with van der Waals surface area (Å²) in [6.45, 7) is 0. The molecule has 0 aromatic carbocycles.